The van der Waals surface area contributed by atoms with Gasteiger partial charge in [0, 0.05) is 5.69 Å². The highest BCUT2D eigenvalue weighted by atomic mass is 19.4. The number of alkyl halides is 3. The van der Waals surface area contributed by atoms with Crippen LogP contribution >= 0.6 is 0 Å². The summed E-state index contributed by atoms with van der Waals surface area (Å²) in [5.41, 5.74) is 1.06. The third-order valence-electron chi connectivity index (χ3n) is 2.07. The van der Waals surface area contributed by atoms with Crippen molar-refractivity contribution in [2.75, 3.05) is 0 Å². The smallest absolute Gasteiger partial charge is 0.248 e. The topological polar surface area (TPSA) is 12.9 Å². The fourth-order valence-corrected chi connectivity index (χ4v) is 1.04. The number of rotatable bonds is 0. The van der Waals surface area contributed by atoms with Gasteiger partial charge in [-0.25, -0.2) is 4.98 Å². The maximum Gasteiger partial charge on any atom is 0.433 e. The predicted octanol–water partition coefficient (Wildman–Crippen LogP) is 3.03. The minimum atomic E-state index is -4.34. The average molecular weight is 189 g/mol. The summed E-state index contributed by atoms with van der Waals surface area (Å²) in [5.74, 6) is 0. The molecule has 1 aromatic rings. The first kappa shape index (κ1) is 10.0. The SMILES string of the molecule is Cc1cc(C(F)(F)F)nc(C)c1C. The maximum atomic E-state index is 12.2. The molecule has 4 heteroatoms. The molecule has 0 amide bonds. The summed E-state index contributed by atoms with van der Waals surface area (Å²) in [5, 5.41) is 0. The van der Waals surface area contributed by atoms with Crippen molar-refractivity contribution in [2.45, 2.75) is 26.9 Å². The zero-order valence-electron chi connectivity index (χ0n) is 7.66. The second kappa shape index (κ2) is 3.01. The Bertz CT molecular complexity index is 305. The highest BCUT2D eigenvalue weighted by Gasteiger charge is 2.32. The zero-order chi connectivity index (χ0) is 10.2. The van der Waals surface area contributed by atoms with Gasteiger partial charge in [-0.3, -0.25) is 0 Å². The molecule has 1 rings (SSSR count). The van der Waals surface area contributed by atoms with E-state index in [1.165, 1.54) is 0 Å². The summed E-state index contributed by atoms with van der Waals surface area (Å²) >= 11 is 0. The molecule has 1 heterocycles. The van der Waals surface area contributed by atoms with E-state index in [2.05, 4.69) is 4.98 Å². The van der Waals surface area contributed by atoms with Crippen molar-refractivity contribution >= 4 is 0 Å². The van der Waals surface area contributed by atoms with E-state index in [0.717, 1.165) is 11.6 Å². The van der Waals surface area contributed by atoms with Gasteiger partial charge >= 0.3 is 6.18 Å². The van der Waals surface area contributed by atoms with Gasteiger partial charge in [0.25, 0.3) is 0 Å². The van der Waals surface area contributed by atoms with E-state index in [4.69, 9.17) is 0 Å². The molecular formula is C9H10F3N. The normalized spacial score (nSPS) is 11.8. The van der Waals surface area contributed by atoms with E-state index >= 15 is 0 Å². The van der Waals surface area contributed by atoms with Crippen molar-refractivity contribution in [2.24, 2.45) is 0 Å². The molecule has 0 atom stereocenters. The second-order valence-electron chi connectivity index (χ2n) is 3.03. The molecule has 0 fully saturated rings. The molecule has 0 aliphatic carbocycles. The molecule has 13 heavy (non-hydrogen) atoms. The molecule has 0 aliphatic rings. The van der Waals surface area contributed by atoms with Crippen LogP contribution in [0.1, 0.15) is 22.5 Å². The van der Waals surface area contributed by atoms with E-state index in [-0.39, 0.29) is 0 Å². The van der Waals surface area contributed by atoms with Gasteiger partial charge < -0.3 is 0 Å². The fourth-order valence-electron chi connectivity index (χ4n) is 1.04. The van der Waals surface area contributed by atoms with Gasteiger partial charge in [0.05, 0.1) is 0 Å². The van der Waals surface area contributed by atoms with Crippen molar-refractivity contribution in [3.8, 4) is 0 Å². The Balaban J connectivity index is 3.29. The first-order valence-electron chi connectivity index (χ1n) is 3.84. The predicted molar refractivity (Wildman–Crippen MR) is 43.5 cm³/mol. The van der Waals surface area contributed by atoms with Crippen LogP contribution < -0.4 is 0 Å². The van der Waals surface area contributed by atoms with Crippen molar-refractivity contribution in [3.63, 3.8) is 0 Å². The molecule has 0 spiro atoms. The van der Waals surface area contributed by atoms with E-state index in [1.807, 2.05) is 0 Å². The number of nitrogens with zero attached hydrogens (tertiary/aromatic N) is 1. The molecule has 0 saturated carbocycles. The molecule has 0 bridgehead atoms. The van der Waals surface area contributed by atoms with Crippen LogP contribution in [0.15, 0.2) is 6.07 Å². The van der Waals surface area contributed by atoms with Crippen LogP contribution in [0.3, 0.4) is 0 Å². The Morgan fingerprint density at radius 3 is 2.08 bits per heavy atom. The highest BCUT2D eigenvalue weighted by molar-refractivity contribution is 5.30. The number of hydrogen-bond acceptors (Lipinski definition) is 1. The molecule has 0 radical (unpaired) electrons. The minimum absolute atomic E-state index is 0.437. The summed E-state index contributed by atoms with van der Waals surface area (Å²) in [7, 11) is 0. The Morgan fingerprint density at radius 2 is 1.69 bits per heavy atom. The molecular weight excluding hydrogens is 179 g/mol. The summed E-state index contributed by atoms with van der Waals surface area (Å²) in [4.78, 5) is 3.48. The highest BCUT2D eigenvalue weighted by Crippen LogP contribution is 2.29. The van der Waals surface area contributed by atoms with E-state index in [0.29, 0.717) is 11.3 Å². The van der Waals surface area contributed by atoms with Crippen molar-refractivity contribution < 1.29 is 13.2 Å². The van der Waals surface area contributed by atoms with E-state index in [9.17, 15) is 13.2 Å². The molecule has 72 valence electrons. The average Bonchev–Trinajstić information content (AvgIpc) is 1.97. The summed E-state index contributed by atoms with van der Waals surface area (Å²) in [6, 6.07) is 1.07. The molecule has 0 unspecified atom stereocenters. The molecule has 0 saturated heterocycles. The lowest BCUT2D eigenvalue weighted by Gasteiger charge is -2.10. The van der Waals surface area contributed by atoms with Crippen molar-refractivity contribution in [1.82, 2.24) is 4.98 Å². The largest absolute Gasteiger partial charge is 0.433 e. The Kier molecular flexibility index (Phi) is 2.32. The zero-order valence-corrected chi connectivity index (χ0v) is 7.66. The van der Waals surface area contributed by atoms with Crippen molar-refractivity contribution in [1.29, 1.82) is 0 Å². The minimum Gasteiger partial charge on any atom is -0.248 e. The van der Waals surface area contributed by atoms with Gasteiger partial charge in [-0.05, 0) is 38.0 Å². The monoisotopic (exact) mass is 189 g/mol. The van der Waals surface area contributed by atoms with Gasteiger partial charge in [-0.15, -0.1) is 0 Å². The summed E-state index contributed by atoms with van der Waals surface area (Å²) in [6.07, 6.45) is -4.34. The van der Waals surface area contributed by atoms with Crippen LogP contribution in [0, 0.1) is 20.8 Å². The third-order valence-corrected chi connectivity index (χ3v) is 2.07. The van der Waals surface area contributed by atoms with Crippen LogP contribution in [0.5, 0.6) is 0 Å². The first-order valence-corrected chi connectivity index (χ1v) is 3.84. The van der Waals surface area contributed by atoms with Crippen LogP contribution in [0.4, 0.5) is 13.2 Å². The summed E-state index contributed by atoms with van der Waals surface area (Å²) < 4.78 is 36.7. The fraction of sp³-hybridized carbons (Fsp3) is 0.444. The number of pyridine rings is 1. The molecule has 0 N–H and O–H groups in total. The van der Waals surface area contributed by atoms with E-state index < -0.39 is 11.9 Å². The van der Waals surface area contributed by atoms with Crippen molar-refractivity contribution in [3.05, 3.63) is 28.6 Å². The second-order valence-corrected chi connectivity index (χ2v) is 3.03. The lowest BCUT2D eigenvalue weighted by atomic mass is 10.1. The lowest BCUT2D eigenvalue weighted by molar-refractivity contribution is -0.141. The summed E-state index contributed by atoms with van der Waals surface area (Å²) in [6.45, 7) is 4.99. The molecule has 1 aromatic heterocycles. The molecule has 0 aliphatic heterocycles. The molecule has 0 aromatic carbocycles. The first-order chi connectivity index (χ1) is 5.82. The van der Waals surface area contributed by atoms with Gasteiger partial charge in [0.2, 0.25) is 0 Å². The van der Waals surface area contributed by atoms with Crippen LogP contribution in [0.25, 0.3) is 0 Å². The Hall–Kier alpha value is -1.06. The van der Waals surface area contributed by atoms with Crippen LogP contribution in [0.2, 0.25) is 0 Å². The van der Waals surface area contributed by atoms with Gasteiger partial charge in [-0.2, -0.15) is 13.2 Å². The third kappa shape index (κ3) is 1.99. The van der Waals surface area contributed by atoms with Gasteiger partial charge in [0.1, 0.15) is 5.69 Å². The Morgan fingerprint density at radius 1 is 1.15 bits per heavy atom. The molecule has 1 nitrogen and oxygen atoms in total. The lowest BCUT2D eigenvalue weighted by Crippen LogP contribution is -2.10. The van der Waals surface area contributed by atoms with Crippen LogP contribution in [-0.4, -0.2) is 4.98 Å². The Labute approximate surface area is 74.6 Å². The number of aromatic nitrogens is 1. The van der Waals surface area contributed by atoms with Crippen LogP contribution in [-0.2, 0) is 6.18 Å². The maximum absolute atomic E-state index is 12.2. The standard InChI is InChI=1S/C9H10F3N/c1-5-4-8(9(10,11)12)13-7(3)6(5)2/h4H,1-3H3. The van der Waals surface area contributed by atoms with Gasteiger partial charge in [-0.1, -0.05) is 0 Å². The quantitative estimate of drug-likeness (QED) is 0.611. The van der Waals surface area contributed by atoms with Gasteiger partial charge in [0.15, 0.2) is 0 Å². The number of aryl methyl sites for hydroxylation is 2. The number of halogens is 3. The number of hydrogen-bond donors (Lipinski definition) is 0. The van der Waals surface area contributed by atoms with E-state index in [1.54, 1.807) is 20.8 Å².